The Morgan fingerprint density at radius 2 is 1.84 bits per heavy atom. The molecule has 0 aliphatic carbocycles. The minimum Gasteiger partial charge on any atom is -0.497 e. The zero-order valence-corrected chi connectivity index (χ0v) is 14.4. The second-order valence-corrected chi connectivity index (χ2v) is 5.66. The summed E-state index contributed by atoms with van der Waals surface area (Å²) in [6.07, 6.45) is 1.80. The van der Waals surface area contributed by atoms with Crippen LogP contribution in [-0.2, 0) is 6.54 Å². The van der Waals surface area contributed by atoms with Gasteiger partial charge in [0.25, 0.3) is 5.91 Å². The van der Waals surface area contributed by atoms with Gasteiger partial charge in [-0.3, -0.25) is 9.48 Å². The van der Waals surface area contributed by atoms with Crippen molar-refractivity contribution in [3.63, 3.8) is 0 Å². The Morgan fingerprint density at radius 3 is 2.48 bits per heavy atom. The highest BCUT2D eigenvalue weighted by atomic mass is 16.5. The summed E-state index contributed by atoms with van der Waals surface area (Å²) in [5, 5.41) is 7.50. The number of carbonyl (C=O) groups is 1. The number of benzene rings is 2. The molecule has 0 fully saturated rings. The van der Waals surface area contributed by atoms with Crippen molar-refractivity contribution in [2.45, 2.75) is 13.5 Å². The van der Waals surface area contributed by atoms with Gasteiger partial charge in [-0.2, -0.15) is 5.10 Å². The highest BCUT2D eigenvalue weighted by Crippen LogP contribution is 2.25. The molecule has 0 saturated heterocycles. The highest BCUT2D eigenvalue weighted by Gasteiger charge is 2.17. The van der Waals surface area contributed by atoms with E-state index in [1.165, 1.54) is 0 Å². The van der Waals surface area contributed by atoms with Crippen LogP contribution in [0.5, 0.6) is 5.75 Å². The first-order valence-electron chi connectivity index (χ1n) is 8.25. The number of nitrogens with zero attached hydrogens (tertiary/aromatic N) is 2. The second kappa shape index (κ2) is 7.66. The van der Waals surface area contributed by atoms with Crippen molar-refractivity contribution in [3.05, 3.63) is 71.9 Å². The molecular weight excluding hydrogens is 314 g/mol. The van der Waals surface area contributed by atoms with Gasteiger partial charge in [0.15, 0.2) is 0 Å². The van der Waals surface area contributed by atoms with Crippen LogP contribution in [-0.4, -0.2) is 29.3 Å². The third-order valence-corrected chi connectivity index (χ3v) is 3.89. The molecule has 0 aliphatic heterocycles. The van der Waals surface area contributed by atoms with E-state index in [-0.39, 0.29) is 5.91 Å². The van der Waals surface area contributed by atoms with Crippen molar-refractivity contribution >= 4 is 5.91 Å². The maximum absolute atomic E-state index is 12.4. The van der Waals surface area contributed by atoms with Crippen LogP contribution in [0, 0.1) is 0 Å². The molecule has 0 unspecified atom stereocenters. The van der Waals surface area contributed by atoms with Crippen molar-refractivity contribution in [1.29, 1.82) is 0 Å². The van der Waals surface area contributed by atoms with E-state index in [1.807, 2.05) is 61.5 Å². The number of methoxy groups -OCH3 is 1. The molecule has 0 spiro atoms. The van der Waals surface area contributed by atoms with Crippen LogP contribution in [0.2, 0.25) is 0 Å². The van der Waals surface area contributed by atoms with E-state index < -0.39 is 0 Å². The number of aromatic nitrogens is 2. The summed E-state index contributed by atoms with van der Waals surface area (Å²) in [4.78, 5) is 12.4. The van der Waals surface area contributed by atoms with Gasteiger partial charge in [-0.05, 0) is 36.8 Å². The average molecular weight is 335 g/mol. The first kappa shape index (κ1) is 16.8. The Labute approximate surface area is 147 Å². The summed E-state index contributed by atoms with van der Waals surface area (Å²) in [5.41, 5.74) is 3.26. The molecule has 1 aromatic heterocycles. The van der Waals surface area contributed by atoms with Gasteiger partial charge in [-0.25, -0.2) is 0 Å². The molecule has 3 aromatic rings. The van der Waals surface area contributed by atoms with Crippen LogP contribution in [0.25, 0.3) is 11.3 Å². The van der Waals surface area contributed by atoms with Gasteiger partial charge < -0.3 is 10.1 Å². The number of hydrogen-bond donors (Lipinski definition) is 1. The lowest BCUT2D eigenvalue weighted by Crippen LogP contribution is -2.22. The molecule has 0 radical (unpaired) electrons. The zero-order valence-electron chi connectivity index (χ0n) is 14.4. The standard InChI is InChI=1S/C20H21N3O2/c1-3-21-20(24)18-14-23(13-15-7-5-4-6-8-15)22-19(18)16-9-11-17(25-2)12-10-16/h4-12,14H,3,13H2,1-2H3,(H,21,24). The highest BCUT2D eigenvalue weighted by molar-refractivity contribution is 5.99. The Hall–Kier alpha value is -3.08. The third kappa shape index (κ3) is 3.88. The Balaban J connectivity index is 1.97. The van der Waals surface area contributed by atoms with E-state index in [2.05, 4.69) is 10.4 Å². The van der Waals surface area contributed by atoms with Crippen molar-refractivity contribution in [1.82, 2.24) is 15.1 Å². The molecule has 5 nitrogen and oxygen atoms in total. The number of rotatable bonds is 6. The molecule has 0 atom stereocenters. The van der Waals surface area contributed by atoms with Gasteiger partial charge in [0, 0.05) is 18.3 Å². The molecule has 0 saturated carbocycles. The van der Waals surface area contributed by atoms with Crippen molar-refractivity contribution in [2.75, 3.05) is 13.7 Å². The molecule has 0 aliphatic rings. The molecule has 25 heavy (non-hydrogen) atoms. The summed E-state index contributed by atoms with van der Waals surface area (Å²) >= 11 is 0. The molecule has 1 amide bonds. The van der Waals surface area contributed by atoms with E-state index in [0.29, 0.717) is 24.3 Å². The Kier molecular flexibility index (Phi) is 5.14. The predicted molar refractivity (Wildman–Crippen MR) is 97.8 cm³/mol. The Bertz CT molecular complexity index is 839. The predicted octanol–water partition coefficient (Wildman–Crippen LogP) is 3.36. The Morgan fingerprint density at radius 1 is 1.12 bits per heavy atom. The molecule has 2 aromatic carbocycles. The molecule has 1 N–H and O–H groups in total. The average Bonchev–Trinajstić information content (AvgIpc) is 3.07. The molecule has 1 heterocycles. The van der Waals surface area contributed by atoms with E-state index in [4.69, 9.17) is 4.74 Å². The number of hydrogen-bond acceptors (Lipinski definition) is 3. The van der Waals surface area contributed by atoms with Crippen LogP contribution >= 0.6 is 0 Å². The van der Waals surface area contributed by atoms with Crippen molar-refractivity contribution in [3.8, 4) is 17.0 Å². The van der Waals surface area contributed by atoms with Gasteiger partial charge in [-0.1, -0.05) is 30.3 Å². The zero-order chi connectivity index (χ0) is 17.6. The van der Waals surface area contributed by atoms with Gasteiger partial charge in [0.2, 0.25) is 0 Å². The van der Waals surface area contributed by atoms with Gasteiger partial charge >= 0.3 is 0 Å². The number of nitrogens with one attached hydrogen (secondary N) is 1. The topological polar surface area (TPSA) is 56.2 Å². The lowest BCUT2D eigenvalue weighted by molar-refractivity contribution is 0.0956. The fourth-order valence-corrected chi connectivity index (χ4v) is 2.66. The monoisotopic (exact) mass is 335 g/mol. The first-order chi connectivity index (χ1) is 12.2. The van der Waals surface area contributed by atoms with Crippen LogP contribution in [0.3, 0.4) is 0 Å². The lowest BCUT2D eigenvalue weighted by atomic mass is 10.1. The number of carbonyl (C=O) groups excluding carboxylic acids is 1. The molecule has 5 heteroatoms. The minimum atomic E-state index is -0.118. The summed E-state index contributed by atoms with van der Waals surface area (Å²) in [6, 6.07) is 17.6. The maximum atomic E-state index is 12.4. The van der Waals surface area contributed by atoms with E-state index >= 15 is 0 Å². The van der Waals surface area contributed by atoms with Crippen LogP contribution in [0.4, 0.5) is 0 Å². The molecule has 3 rings (SSSR count). The second-order valence-electron chi connectivity index (χ2n) is 5.66. The smallest absolute Gasteiger partial charge is 0.255 e. The van der Waals surface area contributed by atoms with Gasteiger partial charge in [-0.15, -0.1) is 0 Å². The van der Waals surface area contributed by atoms with Gasteiger partial charge in [0.1, 0.15) is 11.4 Å². The summed E-state index contributed by atoms with van der Waals surface area (Å²) in [6.45, 7) is 3.09. The lowest BCUT2D eigenvalue weighted by Gasteiger charge is -2.04. The first-order valence-corrected chi connectivity index (χ1v) is 8.25. The summed E-state index contributed by atoms with van der Waals surface area (Å²) in [7, 11) is 1.63. The van der Waals surface area contributed by atoms with Gasteiger partial charge in [0.05, 0.1) is 19.2 Å². The number of ether oxygens (including phenoxy) is 1. The SMILES string of the molecule is CCNC(=O)c1cn(Cc2ccccc2)nc1-c1ccc(OC)cc1. The number of amides is 1. The molecule has 0 bridgehead atoms. The largest absolute Gasteiger partial charge is 0.497 e. The van der Waals surface area contributed by atoms with Crippen LogP contribution in [0.15, 0.2) is 60.8 Å². The minimum absolute atomic E-state index is 0.118. The van der Waals surface area contributed by atoms with Crippen LogP contribution in [0.1, 0.15) is 22.8 Å². The molecule has 128 valence electrons. The van der Waals surface area contributed by atoms with E-state index in [1.54, 1.807) is 18.0 Å². The summed E-state index contributed by atoms with van der Waals surface area (Å²) < 4.78 is 7.01. The summed E-state index contributed by atoms with van der Waals surface area (Å²) in [5.74, 6) is 0.652. The van der Waals surface area contributed by atoms with Crippen LogP contribution < -0.4 is 10.1 Å². The quantitative estimate of drug-likeness (QED) is 0.751. The van der Waals surface area contributed by atoms with Crippen molar-refractivity contribution in [2.24, 2.45) is 0 Å². The fraction of sp³-hybridized carbons (Fsp3) is 0.200. The van der Waals surface area contributed by atoms with E-state index in [0.717, 1.165) is 16.9 Å². The normalized spacial score (nSPS) is 10.5. The van der Waals surface area contributed by atoms with E-state index in [9.17, 15) is 4.79 Å². The molecular formula is C20H21N3O2. The third-order valence-electron chi connectivity index (χ3n) is 3.89. The fourth-order valence-electron chi connectivity index (χ4n) is 2.66. The maximum Gasteiger partial charge on any atom is 0.255 e. The van der Waals surface area contributed by atoms with Crippen molar-refractivity contribution < 1.29 is 9.53 Å².